The van der Waals surface area contributed by atoms with Crippen molar-refractivity contribution in [1.29, 1.82) is 0 Å². The molecule has 2 aromatic carbocycles. The van der Waals surface area contributed by atoms with Crippen LogP contribution >= 0.6 is 0 Å². The number of benzene rings is 2. The average Bonchev–Trinajstić information content (AvgIpc) is 2.71. The molecule has 2 rings (SSSR count). The molecule has 8 nitrogen and oxygen atoms in total. The van der Waals surface area contributed by atoms with E-state index in [1.54, 1.807) is 48.5 Å². The molecule has 0 atom stereocenters. The predicted molar refractivity (Wildman–Crippen MR) is 110 cm³/mol. The Morgan fingerprint density at radius 2 is 1.10 bits per heavy atom. The Balaban J connectivity index is 1.69. The lowest BCUT2D eigenvalue weighted by Crippen LogP contribution is -2.21. The lowest BCUT2D eigenvalue weighted by Gasteiger charge is -2.08. The summed E-state index contributed by atoms with van der Waals surface area (Å²) in [6.45, 7) is 2.41. The number of carbonyl (C=O) groups is 5. The zero-order chi connectivity index (χ0) is 22.1. The van der Waals surface area contributed by atoms with Gasteiger partial charge in [-0.05, 0) is 62.4 Å². The lowest BCUT2D eigenvalue weighted by atomic mass is 10.1. The summed E-state index contributed by atoms with van der Waals surface area (Å²) in [4.78, 5) is 57.9. The summed E-state index contributed by atoms with van der Waals surface area (Å²) in [6, 6.07) is 12.7. The van der Waals surface area contributed by atoms with Crippen molar-refractivity contribution in [3.63, 3.8) is 0 Å². The molecule has 2 N–H and O–H groups in total. The first-order valence-corrected chi connectivity index (χ1v) is 9.22. The number of ketones is 2. The van der Waals surface area contributed by atoms with E-state index in [0.717, 1.165) is 0 Å². The summed E-state index contributed by atoms with van der Waals surface area (Å²) in [5, 5.41) is 5.15. The number of carbonyl (C=O) groups excluding carboxylic acids is 5. The van der Waals surface area contributed by atoms with Gasteiger partial charge in [-0.3, -0.25) is 24.0 Å². The van der Waals surface area contributed by atoms with E-state index in [2.05, 4.69) is 10.6 Å². The monoisotopic (exact) mass is 410 g/mol. The molecule has 0 saturated carbocycles. The number of Topliss-reactive ketones (excluding diaryl/α,β-unsaturated/α-hetero) is 2. The largest absolute Gasteiger partial charge is 0.456 e. The number of hydrogen-bond donors (Lipinski definition) is 2. The number of esters is 1. The van der Waals surface area contributed by atoms with Gasteiger partial charge in [0, 0.05) is 28.9 Å². The van der Waals surface area contributed by atoms with Crippen LogP contribution in [0.15, 0.2) is 48.5 Å². The number of anilines is 2. The summed E-state index contributed by atoms with van der Waals surface area (Å²) in [5.41, 5.74) is 2.03. The van der Waals surface area contributed by atoms with E-state index >= 15 is 0 Å². The summed E-state index contributed by atoms with van der Waals surface area (Å²) in [7, 11) is 0. The summed E-state index contributed by atoms with van der Waals surface area (Å²) >= 11 is 0. The van der Waals surface area contributed by atoms with Crippen molar-refractivity contribution >= 4 is 40.7 Å². The van der Waals surface area contributed by atoms with Crippen LogP contribution in [0.2, 0.25) is 0 Å². The van der Waals surface area contributed by atoms with Crippen LogP contribution in [-0.4, -0.2) is 36.0 Å². The Labute approximate surface area is 173 Å². The van der Waals surface area contributed by atoms with E-state index in [0.29, 0.717) is 22.5 Å². The number of amides is 2. The summed E-state index contributed by atoms with van der Waals surface area (Å²) < 4.78 is 4.86. The molecule has 0 radical (unpaired) electrons. The Hall–Kier alpha value is -3.81. The maximum atomic E-state index is 11.9. The first-order chi connectivity index (χ1) is 14.2. The molecule has 0 spiro atoms. The summed E-state index contributed by atoms with van der Waals surface area (Å²) in [5.74, 6) is -1.77. The first-order valence-electron chi connectivity index (χ1n) is 9.22. The molecule has 0 aromatic heterocycles. The Bertz CT molecular complexity index is 871. The lowest BCUT2D eigenvalue weighted by molar-refractivity contribution is -0.147. The second kappa shape index (κ2) is 10.7. The van der Waals surface area contributed by atoms with E-state index in [9.17, 15) is 24.0 Å². The highest BCUT2D eigenvalue weighted by Crippen LogP contribution is 2.11. The van der Waals surface area contributed by atoms with E-state index in [1.165, 1.54) is 13.8 Å². The molecule has 0 aliphatic heterocycles. The molecule has 8 heteroatoms. The van der Waals surface area contributed by atoms with Gasteiger partial charge >= 0.3 is 5.97 Å². The van der Waals surface area contributed by atoms with E-state index < -0.39 is 24.4 Å². The average molecular weight is 410 g/mol. The fourth-order valence-electron chi connectivity index (χ4n) is 2.43. The molecule has 0 unspecified atom stereocenters. The Morgan fingerprint density at radius 1 is 0.667 bits per heavy atom. The zero-order valence-electron chi connectivity index (χ0n) is 16.7. The second-order valence-corrected chi connectivity index (χ2v) is 6.52. The van der Waals surface area contributed by atoms with E-state index in [4.69, 9.17) is 4.74 Å². The molecular weight excluding hydrogens is 388 g/mol. The van der Waals surface area contributed by atoms with Crippen LogP contribution in [-0.2, 0) is 19.1 Å². The van der Waals surface area contributed by atoms with Gasteiger partial charge in [-0.25, -0.2) is 0 Å². The molecule has 2 aromatic rings. The molecule has 30 heavy (non-hydrogen) atoms. The molecule has 2 amide bonds. The standard InChI is InChI=1S/C22H22N2O6/c1-14(25)16-3-7-18(8-4-16)23-20(27)11-12-22(29)30-13-21(28)24-19-9-5-17(6-10-19)15(2)26/h3-10H,11-13H2,1-2H3,(H,23,27)(H,24,28). The molecule has 0 heterocycles. The third-order valence-corrected chi connectivity index (χ3v) is 4.07. The quantitative estimate of drug-likeness (QED) is 0.485. The van der Waals surface area contributed by atoms with Gasteiger partial charge in [0.1, 0.15) is 0 Å². The van der Waals surface area contributed by atoms with Crippen molar-refractivity contribution in [3.8, 4) is 0 Å². The van der Waals surface area contributed by atoms with E-state index in [1.807, 2.05) is 0 Å². The Morgan fingerprint density at radius 3 is 1.53 bits per heavy atom. The van der Waals surface area contributed by atoms with Crippen LogP contribution in [0.5, 0.6) is 0 Å². The van der Waals surface area contributed by atoms with Crippen molar-refractivity contribution in [3.05, 3.63) is 59.7 Å². The van der Waals surface area contributed by atoms with Crippen molar-refractivity contribution in [1.82, 2.24) is 0 Å². The maximum absolute atomic E-state index is 11.9. The van der Waals surface area contributed by atoms with Crippen molar-refractivity contribution in [2.45, 2.75) is 26.7 Å². The van der Waals surface area contributed by atoms with Gasteiger partial charge < -0.3 is 15.4 Å². The number of ether oxygens (including phenoxy) is 1. The number of hydrogen-bond acceptors (Lipinski definition) is 6. The van der Waals surface area contributed by atoms with Crippen LogP contribution in [0.4, 0.5) is 11.4 Å². The van der Waals surface area contributed by atoms with Gasteiger partial charge in [0.05, 0.1) is 6.42 Å². The van der Waals surface area contributed by atoms with Gasteiger partial charge in [0.25, 0.3) is 5.91 Å². The van der Waals surface area contributed by atoms with Gasteiger partial charge in [0.2, 0.25) is 5.91 Å². The SMILES string of the molecule is CC(=O)c1ccc(NC(=O)CCC(=O)OCC(=O)Nc2ccc(C(C)=O)cc2)cc1. The minimum atomic E-state index is -0.681. The second-order valence-electron chi connectivity index (χ2n) is 6.52. The third-order valence-electron chi connectivity index (χ3n) is 4.07. The predicted octanol–water partition coefficient (Wildman–Crippen LogP) is 2.99. The molecule has 0 aliphatic rings. The molecule has 156 valence electrons. The van der Waals surface area contributed by atoms with Gasteiger partial charge in [-0.1, -0.05) is 0 Å². The third kappa shape index (κ3) is 7.31. The molecule has 0 aliphatic carbocycles. The minimum Gasteiger partial charge on any atom is -0.456 e. The smallest absolute Gasteiger partial charge is 0.306 e. The fraction of sp³-hybridized carbons (Fsp3) is 0.227. The van der Waals surface area contributed by atoms with Gasteiger partial charge in [-0.15, -0.1) is 0 Å². The van der Waals surface area contributed by atoms with Crippen LogP contribution in [0.3, 0.4) is 0 Å². The van der Waals surface area contributed by atoms with Crippen molar-refractivity contribution in [2.75, 3.05) is 17.2 Å². The van der Waals surface area contributed by atoms with Crippen LogP contribution in [0, 0.1) is 0 Å². The number of nitrogens with one attached hydrogen (secondary N) is 2. The maximum Gasteiger partial charge on any atom is 0.306 e. The van der Waals surface area contributed by atoms with Crippen LogP contribution in [0.25, 0.3) is 0 Å². The van der Waals surface area contributed by atoms with E-state index in [-0.39, 0.29) is 24.4 Å². The number of rotatable bonds is 9. The van der Waals surface area contributed by atoms with Crippen LogP contribution in [0.1, 0.15) is 47.4 Å². The van der Waals surface area contributed by atoms with Crippen LogP contribution < -0.4 is 10.6 Å². The topological polar surface area (TPSA) is 119 Å². The highest BCUT2D eigenvalue weighted by Gasteiger charge is 2.11. The molecule has 0 saturated heterocycles. The summed E-state index contributed by atoms with van der Waals surface area (Å²) in [6.07, 6.45) is -0.292. The zero-order valence-corrected chi connectivity index (χ0v) is 16.7. The highest BCUT2D eigenvalue weighted by molar-refractivity contribution is 5.97. The van der Waals surface area contributed by atoms with Crippen molar-refractivity contribution in [2.24, 2.45) is 0 Å². The van der Waals surface area contributed by atoms with Gasteiger partial charge in [0.15, 0.2) is 18.2 Å². The van der Waals surface area contributed by atoms with Crippen molar-refractivity contribution < 1.29 is 28.7 Å². The molecule has 0 fully saturated rings. The molecule has 0 bridgehead atoms. The minimum absolute atomic E-state index is 0.0762. The fourth-order valence-corrected chi connectivity index (χ4v) is 2.43. The van der Waals surface area contributed by atoms with Gasteiger partial charge in [-0.2, -0.15) is 0 Å². The first kappa shape index (κ1) is 22.5. The highest BCUT2D eigenvalue weighted by atomic mass is 16.5. The Kier molecular flexibility index (Phi) is 7.99. The normalized spacial score (nSPS) is 10.1. The molecular formula is C22H22N2O6.